The van der Waals surface area contributed by atoms with E-state index < -0.39 is 0 Å². The number of hydrogen-bond donors (Lipinski definition) is 0. The highest BCUT2D eigenvalue weighted by Gasteiger charge is 2.15. The number of carbonyl (C=O) groups is 1. The zero-order chi connectivity index (χ0) is 14.2. The van der Waals surface area contributed by atoms with E-state index in [9.17, 15) is 4.79 Å². The summed E-state index contributed by atoms with van der Waals surface area (Å²) in [5.74, 6) is 0.273. The monoisotopic (exact) mass is 274 g/mol. The van der Waals surface area contributed by atoms with E-state index in [4.69, 9.17) is 0 Å². The van der Waals surface area contributed by atoms with Crippen LogP contribution in [-0.2, 0) is 0 Å². The Balaban J connectivity index is 1.63. The standard InChI is InChI=1S/C17H26N2O/c1-2-10-18-12-14-19(15-13-18)11-6-9-17(20)16-7-4-3-5-8-16/h3-5,7-8H,2,6,9-15H2,1H3. The normalized spacial score (nSPS) is 17.2. The minimum atomic E-state index is 0.273. The van der Waals surface area contributed by atoms with Gasteiger partial charge in [0.1, 0.15) is 0 Å². The van der Waals surface area contributed by atoms with Crippen LogP contribution in [0, 0.1) is 0 Å². The van der Waals surface area contributed by atoms with Crippen LogP contribution in [0.3, 0.4) is 0 Å². The third-order valence-corrected chi connectivity index (χ3v) is 3.98. The number of nitrogens with zero attached hydrogens (tertiary/aromatic N) is 2. The summed E-state index contributed by atoms with van der Waals surface area (Å²) in [7, 11) is 0. The molecule has 0 amide bonds. The van der Waals surface area contributed by atoms with Crippen LogP contribution in [0.2, 0.25) is 0 Å². The highest BCUT2D eigenvalue weighted by atomic mass is 16.1. The van der Waals surface area contributed by atoms with Gasteiger partial charge in [-0.25, -0.2) is 0 Å². The zero-order valence-corrected chi connectivity index (χ0v) is 12.6. The predicted octanol–water partition coefficient (Wildman–Crippen LogP) is 2.68. The minimum absolute atomic E-state index is 0.273. The Morgan fingerprint density at radius 3 is 2.20 bits per heavy atom. The van der Waals surface area contributed by atoms with Gasteiger partial charge in [0.2, 0.25) is 0 Å². The van der Waals surface area contributed by atoms with Crippen LogP contribution in [0.1, 0.15) is 36.5 Å². The number of piperazine rings is 1. The Kier molecular flexibility index (Phi) is 6.22. The van der Waals surface area contributed by atoms with Crippen molar-refractivity contribution < 1.29 is 4.79 Å². The van der Waals surface area contributed by atoms with E-state index >= 15 is 0 Å². The summed E-state index contributed by atoms with van der Waals surface area (Å²) in [5.41, 5.74) is 0.847. The van der Waals surface area contributed by atoms with E-state index in [1.54, 1.807) is 0 Å². The summed E-state index contributed by atoms with van der Waals surface area (Å²) in [4.78, 5) is 17.0. The van der Waals surface area contributed by atoms with E-state index in [0.29, 0.717) is 6.42 Å². The molecule has 110 valence electrons. The number of hydrogen-bond acceptors (Lipinski definition) is 3. The molecule has 0 atom stereocenters. The van der Waals surface area contributed by atoms with Gasteiger partial charge in [-0.1, -0.05) is 37.3 Å². The Morgan fingerprint density at radius 2 is 1.60 bits per heavy atom. The zero-order valence-electron chi connectivity index (χ0n) is 12.6. The quantitative estimate of drug-likeness (QED) is 0.714. The van der Waals surface area contributed by atoms with Crippen LogP contribution in [0.25, 0.3) is 0 Å². The molecular formula is C17H26N2O. The molecule has 0 unspecified atom stereocenters. The summed E-state index contributed by atoms with van der Waals surface area (Å²) in [5, 5.41) is 0. The molecule has 1 aliphatic rings. The summed E-state index contributed by atoms with van der Waals surface area (Å²) < 4.78 is 0. The summed E-state index contributed by atoms with van der Waals surface area (Å²) in [6, 6.07) is 9.63. The van der Waals surface area contributed by atoms with Crippen molar-refractivity contribution in [1.82, 2.24) is 9.80 Å². The number of Topliss-reactive ketones (excluding diaryl/α,β-unsaturated/α-hetero) is 1. The number of benzene rings is 1. The lowest BCUT2D eigenvalue weighted by molar-refractivity contribution is 0.0962. The van der Waals surface area contributed by atoms with Gasteiger partial charge in [0.25, 0.3) is 0 Å². The van der Waals surface area contributed by atoms with Gasteiger partial charge in [0.15, 0.2) is 5.78 Å². The second-order valence-electron chi connectivity index (χ2n) is 5.58. The van der Waals surface area contributed by atoms with Gasteiger partial charge in [-0.05, 0) is 25.9 Å². The van der Waals surface area contributed by atoms with E-state index in [1.165, 1.54) is 26.1 Å². The van der Waals surface area contributed by atoms with Crippen LogP contribution < -0.4 is 0 Å². The van der Waals surface area contributed by atoms with E-state index in [-0.39, 0.29) is 5.78 Å². The van der Waals surface area contributed by atoms with Crippen molar-refractivity contribution >= 4 is 5.78 Å². The summed E-state index contributed by atoms with van der Waals surface area (Å²) in [6.45, 7) is 9.18. The first-order valence-electron chi connectivity index (χ1n) is 7.82. The van der Waals surface area contributed by atoms with Crippen LogP contribution in [-0.4, -0.2) is 54.9 Å². The van der Waals surface area contributed by atoms with E-state index in [2.05, 4.69) is 16.7 Å². The minimum Gasteiger partial charge on any atom is -0.301 e. The van der Waals surface area contributed by atoms with Gasteiger partial charge in [-0.3, -0.25) is 4.79 Å². The highest BCUT2D eigenvalue weighted by molar-refractivity contribution is 5.95. The molecule has 0 N–H and O–H groups in total. The molecule has 20 heavy (non-hydrogen) atoms. The van der Waals surface area contributed by atoms with Crippen molar-refractivity contribution in [2.75, 3.05) is 39.3 Å². The average Bonchev–Trinajstić information content (AvgIpc) is 2.50. The van der Waals surface area contributed by atoms with Crippen molar-refractivity contribution in [3.8, 4) is 0 Å². The topological polar surface area (TPSA) is 23.6 Å². The van der Waals surface area contributed by atoms with Crippen molar-refractivity contribution in [3.63, 3.8) is 0 Å². The summed E-state index contributed by atoms with van der Waals surface area (Å²) in [6.07, 6.45) is 2.88. The number of carbonyl (C=O) groups excluding carboxylic acids is 1. The largest absolute Gasteiger partial charge is 0.301 e. The van der Waals surface area contributed by atoms with E-state index in [1.807, 2.05) is 30.3 Å². The molecule has 1 saturated heterocycles. The van der Waals surface area contributed by atoms with Gasteiger partial charge in [-0.2, -0.15) is 0 Å². The Bertz CT molecular complexity index is 397. The van der Waals surface area contributed by atoms with Crippen LogP contribution >= 0.6 is 0 Å². The Morgan fingerprint density at radius 1 is 1.00 bits per heavy atom. The molecule has 1 heterocycles. The molecule has 1 aromatic carbocycles. The van der Waals surface area contributed by atoms with Gasteiger partial charge < -0.3 is 9.80 Å². The first kappa shape index (κ1) is 15.2. The van der Waals surface area contributed by atoms with Crippen molar-refractivity contribution in [3.05, 3.63) is 35.9 Å². The predicted molar refractivity (Wildman–Crippen MR) is 83.2 cm³/mol. The van der Waals surface area contributed by atoms with Crippen LogP contribution in [0.15, 0.2) is 30.3 Å². The lowest BCUT2D eigenvalue weighted by Crippen LogP contribution is -2.46. The van der Waals surface area contributed by atoms with Crippen molar-refractivity contribution in [2.45, 2.75) is 26.2 Å². The molecular weight excluding hydrogens is 248 g/mol. The number of rotatable bonds is 7. The Labute approximate surface area is 122 Å². The average molecular weight is 274 g/mol. The fourth-order valence-corrected chi connectivity index (χ4v) is 2.78. The fourth-order valence-electron chi connectivity index (χ4n) is 2.78. The SMILES string of the molecule is CCCN1CCN(CCCC(=O)c2ccccc2)CC1. The van der Waals surface area contributed by atoms with Crippen molar-refractivity contribution in [2.24, 2.45) is 0 Å². The molecule has 0 aliphatic carbocycles. The molecule has 0 spiro atoms. The second kappa shape index (κ2) is 8.18. The lowest BCUT2D eigenvalue weighted by Gasteiger charge is -2.34. The first-order valence-corrected chi connectivity index (χ1v) is 7.82. The summed E-state index contributed by atoms with van der Waals surface area (Å²) >= 11 is 0. The molecule has 2 rings (SSSR count). The second-order valence-corrected chi connectivity index (χ2v) is 5.58. The molecule has 3 heteroatoms. The van der Waals surface area contributed by atoms with E-state index in [0.717, 1.165) is 31.6 Å². The van der Waals surface area contributed by atoms with Crippen molar-refractivity contribution in [1.29, 1.82) is 0 Å². The fraction of sp³-hybridized carbons (Fsp3) is 0.588. The van der Waals surface area contributed by atoms with Crippen LogP contribution in [0.4, 0.5) is 0 Å². The maximum absolute atomic E-state index is 12.0. The lowest BCUT2D eigenvalue weighted by atomic mass is 10.1. The molecule has 1 aliphatic heterocycles. The van der Waals surface area contributed by atoms with Crippen LogP contribution in [0.5, 0.6) is 0 Å². The molecule has 0 saturated carbocycles. The molecule has 1 fully saturated rings. The molecule has 0 bridgehead atoms. The third-order valence-electron chi connectivity index (χ3n) is 3.98. The molecule has 0 radical (unpaired) electrons. The highest BCUT2D eigenvalue weighted by Crippen LogP contribution is 2.08. The van der Waals surface area contributed by atoms with Gasteiger partial charge >= 0.3 is 0 Å². The maximum atomic E-state index is 12.0. The molecule has 1 aromatic rings. The van der Waals surface area contributed by atoms with Gasteiger partial charge in [0.05, 0.1) is 0 Å². The molecule has 3 nitrogen and oxygen atoms in total. The van der Waals surface area contributed by atoms with Gasteiger partial charge in [0, 0.05) is 38.2 Å². The Hall–Kier alpha value is -1.19. The van der Waals surface area contributed by atoms with Gasteiger partial charge in [-0.15, -0.1) is 0 Å². The molecule has 0 aromatic heterocycles. The first-order chi connectivity index (χ1) is 9.79. The smallest absolute Gasteiger partial charge is 0.162 e. The number of ketones is 1. The third kappa shape index (κ3) is 4.73. The maximum Gasteiger partial charge on any atom is 0.162 e.